The lowest BCUT2D eigenvalue weighted by atomic mass is 9.95. The van der Waals surface area contributed by atoms with Crippen molar-refractivity contribution in [2.75, 3.05) is 13.7 Å². The van der Waals surface area contributed by atoms with Gasteiger partial charge in [-0.05, 0) is 74.6 Å². The quantitative estimate of drug-likeness (QED) is 0.286. The summed E-state index contributed by atoms with van der Waals surface area (Å²) in [6.45, 7) is 16.0. The standard InChI is InChI=1S/C31H37N2O4/c1-18-10-21(28-23(18)14-33(31(6,7)8)15-24(28)26(35)17-34)11-20-12-22-13-32(30(3,4)5)16-25(29(36)37-9)27(22)19(20)2/h10-16,34H,17H2,1-9H3/q+1. The molecule has 194 valence electrons. The Kier molecular flexibility index (Phi) is 6.53. The first-order chi connectivity index (χ1) is 17.2. The Morgan fingerprint density at radius 1 is 1.03 bits per heavy atom. The van der Waals surface area contributed by atoms with Gasteiger partial charge in [0.1, 0.15) is 6.61 Å². The van der Waals surface area contributed by atoms with Crippen molar-refractivity contribution in [2.24, 2.45) is 0 Å². The van der Waals surface area contributed by atoms with Crippen molar-refractivity contribution in [2.45, 2.75) is 66.5 Å². The third kappa shape index (κ3) is 4.66. The molecule has 6 nitrogen and oxygen atoms in total. The molecule has 0 amide bonds. The number of nitrogens with zero attached hydrogens (tertiary/aromatic N) is 2. The van der Waals surface area contributed by atoms with Crippen molar-refractivity contribution >= 4 is 29.0 Å². The SMILES string of the molecule is COC(=O)c1cn(C(C)(C)C)cc2cc(/C=C3\C=C(C)c4c[n+](C(C)(C)C)cc(C(=O)CO)c43)c(C)c1-2. The first-order valence-electron chi connectivity index (χ1n) is 12.6. The smallest absolute Gasteiger partial charge is 0.339 e. The predicted octanol–water partition coefficient (Wildman–Crippen LogP) is 5.62. The number of aliphatic hydroxyl groups is 1. The lowest BCUT2D eigenvalue weighted by Crippen LogP contribution is -2.50. The van der Waals surface area contributed by atoms with Gasteiger partial charge in [0.05, 0.1) is 18.2 Å². The van der Waals surface area contributed by atoms with E-state index in [2.05, 4.69) is 72.2 Å². The van der Waals surface area contributed by atoms with E-state index in [4.69, 9.17) is 4.74 Å². The minimum atomic E-state index is -0.554. The second kappa shape index (κ2) is 9.10. The molecule has 1 aliphatic heterocycles. The van der Waals surface area contributed by atoms with Crippen molar-refractivity contribution in [1.82, 2.24) is 4.57 Å². The summed E-state index contributed by atoms with van der Waals surface area (Å²) < 4.78 is 9.19. The molecule has 0 fully saturated rings. The lowest BCUT2D eigenvalue weighted by molar-refractivity contribution is -0.754. The Morgan fingerprint density at radius 3 is 2.27 bits per heavy atom. The van der Waals surface area contributed by atoms with Crippen LogP contribution in [0.25, 0.3) is 28.3 Å². The number of aliphatic hydroxyl groups excluding tert-OH is 1. The lowest BCUT2D eigenvalue weighted by Gasteiger charge is -2.26. The Hall–Kier alpha value is -3.51. The number of ketones is 1. The van der Waals surface area contributed by atoms with Crippen LogP contribution in [-0.2, 0) is 15.8 Å². The molecule has 0 bridgehead atoms. The zero-order valence-corrected chi connectivity index (χ0v) is 23.3. The first kappa shape index (κ1) is 26.6. The van der Waals surface area contributed by atoms with Gasteiger partial charge in [-0.3, -0.25) is 4.79 Å². The molecule has 3 aliphatic rings. The molecule has 2 aliphatic carbocycles. The number of allylic oxidation sites excluding steroid dienone is 3. The summed E-state index contributed by atoms with van der Waals surface area (Å²) in [6.07, 6.45) is 12.0. The molecule has 37 heavy (non-hydrogen) atoms. The maximum absolute atomic E-state index is 12.9. The van der Waals surface area contributed by atoms with Gasteiger partial charge in [0, 0.05) is 55.4 Å². The van der Waals surface area contributed by atoms with E-state index in [9.17, 15) is 14.7 Å². The molecule has 0 unspecified atom stereocenters. The Morgan fingerprint density at radius 2 is 1.70 bits per heavy atom. The molecule has 1 N–H and O–H groups in total. The van der Waals surface area contributed by atoms with E-state index in [0.29, 0.717) is 11.1 Å². The predicted molar refractivity (Wildman–Crippen MR) is 147 cm³/mol. The Bertz CT molecular complexity index is 1460. The van der Waals surface area contributed by atoms with Crippen LogP contribution in [0, 0.1) is 6.92 Å². The topological polar surface area (TPSA) is 72.4 Å². The molecule has 0 aromatic carbocycles. The second-order valence-corrected chi connectivity index (χ2v) is 11.8. The molecule has 0 radical (unpaired) electrons. The number of carbonyl (C=O) groups is 2. The summed E-state index contributed by atoms with van der Waals surface area (Å²) in [4.78, 5) is 25.6. The summed E-state index contributed by atoms with van der Waals surface area (Å²) in [7, 11) is 1.40. The van der Waals surface area contributed by atoms with E-state index < -0.39 is 6.61 Å². The van der Waals surface area contributed by atoms with Crippen LogP contribution in [0.15, 0.2) is 36.9 Å². The zero-order valence-electron chi connectivity index (χ0n) is 23.3. The van der Waals surface area contributed by atoms with Crippen molar-refractivity contribution in [3.8, 4) is 11.1 Å². The van der Waals surface area contributed by atoms with E-state index in [1.54, 1.807) is 0 Å². The maximum atomic E-state index is 12.9. The fourth-order valence-corrected chi connectivity index (χ4v) is 4.91. The van der Waals surface area contributed by atoms with Gasteiger partial charge < -0.3 is 14.4 Å². The maximum Gasteiger partial charge on any atom is 0.339 e. The van der Waals surface area contributed by atoms with Gasteiger partial charge in [0.25, 0.3) is 0 Å². The fourth-order valence-electron chi connectivity index (χ4n) is 4.91. The summed E-state index contributed by atoms with van der Waals surface area (Å²) in [5.41, 5.74) is 8.12. The number of methoxy groups -OCH3 is 1. The van der Waals surface area contributed by atoms with Gasteiger partial charge in [-0.1, -0.05) is 6.08 Å². The molecule has 1 aromatic heterocycles. The van der Waals surface area contributed by atoms with Gasteiger partial charge >= 0.3 is 5.97 Å². The number of pyridine rings is 2. The van der Waals surface area contributed by atoms with Crippen molar-refractivity contribution in [3.05, 3.63) is 70.3 Å². The van der Waals surface area contributed by atoms with Crippen LogP contribution >= 0.6 is 0 Å². The van der Waals surface area contributed by atoms with Crippen LogP contribution in [0.3, 0.4) is 0 Å². The number of esters is 1. The molecule has 1 aromatic rings. The largest absolute Gasteiger partial charge is 0.465 e. The van der Waals surface area contributed by atoms with Gasteiger partial charge in [0.15, 0.2) is 23.7 Å². The molecular weight excluding hydrogens is 464 g/mol. The zero-order chi connectivity index (χ0) is 27.4. The van der Waals surface area contributed by atoms with E-state index in [-0.39, 0.29) is 22.8 Å². The summed E-state index contributed by atoms with van der Waals surface area (Å²) in [5, 5.41) is 9.75. The van der Waals surface area contributed by atoms with Crippen molar-refractivity contribution < 1.29 is 24.0 Å². The van der Waals surface area contributed by atoms with E-state index in [1.807, 2.05) is 35.4 Å². The molecule has 0 saturated heterocycles. The molecule has 4 rings (SSSR count). The number of carbonyl (C=O) groups excluding carboxylic acids is 2. The normalized spacial score (nSPS) is 14.8. The van der Waals surface area contributed by atoms with Crippen molar-refractivity contribution in [1.29, 1.82) is 0 Å². The summed E-state index contributed by atoms with van der Waals surface area (Å²) in [6, 6.07) is 2.08. The molecule has 0 saturated carbocycles. The third-order valence-corrected chi connectivity index (χ3v) is 7.09. The van der Waals surface area contributed by atoms with Gasteiger partial charge in [-0.25, -0.2) is 4.79 Å². The van der Waals surface area contributed by atoms with E-state index in [0.717, 1.165) is 44.5 Å². The van der Waals surface area contributed by atoms with Gasteiger partial charge in [0.2, 0.25) is 0 Å². The first-order valence-corrected chi connectivity index (χ1v) is 12.6. The molecule has 0 spiro atoms. The number of aromatic nitrogens is 2. The molecular formula is C31H37N2O4+. The van der Waals surface area contributed by atoms with Gasteiger partial charge in [-0.15, -0.1) is 0 Å². The highest BCUT2D eigenvalue weighted by molar-refractivity contribution is 6.10. The van der Waals surface area contributed by atoms with E-state index in [1.165, 1.54) is 7.11 Å². The number of rotatable bonds is 4. The monoisotopic (exact) mass is 501 g/mol. The molecule has 2 heterocycles. The van der Waals surface area contributed by atoms with Crippen LogP contribution in [0.5, 0.6) is 0 Å². The highest BCUT2D eigenvalue weighted by atomic mass is 16.5. The third-order valence-electron chi connectivity index (χ3n) is 7.09. The average molecular weight is 502 g/mol. The van der Waals surface area contributed by atoms with Crippen LogP contribution in [0.4, 0.5) is 0 Å². The molecule has 6 heteroatoms. The number of hydrogen-bond acceptors (Lipinski definition) is 4. The van der Waals surface area contributed by atoms with Crippen LogP contribution < -0.4 is 4.57 Å². The Labute approximate surface area is 219 Å². The number of hydrogen-bond donors (Lipinski definition) is 1. The van der Waals surface area contributed by atoms with Gasteiger partial charge in [-0.2, -0.15) is 4.57 Å². The van der Waals surface area contributed by atoms with Crippen LogP contribution in [0.2, 0.25) is 0 Å². The highest BCUT2D eigenvalue weighted by Gasteiger charge is 2.32. The number of ether oxygens (including phenoxy) is 1. The summed E-state index contributed by atoms with van der Waals surface area (Å²) in [5.74, 6) is -0.687. The molecule has 0 atom stereocenters. The average Bonchev–Trinajstić information content (AvgIpc) is 3.31. The van der Waals surface area contributed by atoms with Crippen LogP contribution in [0.1, 0.15) is 91.4 Å². The number of fused-ring (bicyclic) bond motifs is 2. The Balaban J connectivity index is 1.98. The highest BCUT2D eigenvalue weighted by Crippen LogP contribution is 2.41. The minimum absolute atomic E-state index is 0.215. The van der Waals surface area contributed by atoms with Crippen molar-refractivity contribution in [3.63, 3.8) is 0 Å². The van der Waals surface area contributed by atoms with E-state index >= 15 is 0 Å². The fraction of sp³-hybridized carbons (Fsp3) is 0.387. The minimum Gasteiger partial charge on any atom is -0.465 e. The number of Topliss-reactive ketones (excluding diaryl/α,β-unsaturated/α-hetero) is 1. The van der Waals surface area contributed by atoms with Crippen LogP contribution in [-0.4, -0.2) is 35.1 Å². The summed E-state index contributed by atoms with van der Waals surface area (Å²) >= 11 is 0. The second-order valence-electron chi connectivity index (χ2n) is 11.8.